The molecule has 15 heavy (non-hydrogen) atoms. The van der Waals surface area contributed by atoms with E-state index < -0.39 is 0 Å². The summed E-state index contributed by atoms with van der Waals surface area (Å²) in [6.07, 6.45) is 0.615. The van der Waals surface area contributed by atoms with Gasteiger partial charge < -0.3 is 4.74 Å². The zero-order valence-electron chi connectivity index (χ0n) is 9.06. The Labute approximate surface area is 89.7 Å². The van der Waals surface area contributed by atoms with E-state index >= 15 is 0 Å². The zero-order valence-corrected chi connectivity index (χ0v) is 9.06. The van der Waals surface area contributed by atoms with Crippen molar-refractivity contribution in [1.29, 1.82) is 0 Å². The predicted molar refractivity (Wildman–Crippen MR) is 59.1 cm³/mol. The van der Waals surface area contributed by atoms with Gasteiger partial charge in [0.15, 0.2) is 0 Å². The molecular weight excluding hydrogens is 190 g/mol. The Morgan fingerprint density at radius 3 is 2.87 bits per heavy atom. The van der Waals surface area contributed by atoms with E-state index in [1.807, 2.05) is 32.0 Å². The average molecular weight is 205 g/mol. The van der Waals surface area contributed by atoms with Gasteiger partial charge in [-0.15, -0.1) is 0 Å². The normalized spacial score (nSPS) is 14.2. The molecule has 1 aromatic carbocycles. The van der Waals surface area contributed by atoms with Crippen molar-refractivity contribution in [2.45, 2.75) is 26.4 Å². The number of carbonyl (C=O) groups excluding carboxylic acids is 1. The van der Waals surface area contributed by atoms with Crippen molar-refractivity contribution in [3.05, 3.63) is 29.8 Å². The Balaban J connectivity index is 2.17. The number of rotatable bonds is 1. The van der Waals surface area contributed by atoms with Gasteiger partial charge in [0.2, 0.25) is 0 Å². The second-order valence-corrected chi connectivity index (χ2v) is 3.96. The molecule has 3 heteroatoms. The van der Waals surface area contributed by atoms with Gasteiger partial charge in [-0.2, -0.15) is 0 Å². The Hall–Kier alpha value is -1.51. The van der Waals surface area contributed by atoms with Gasteiger partial charge >= 0.3 is 6.09 Å². The Morgan fingerprint density at radius 1 is 1.40 bits per heavy atom. The van der Waals surface area contributed by atoms with Crippen molar-refractivity contribution < 1.29 is 9.53 Å². The first-order valence-electron chi connectivity index (χ1n) is 5.24. The lowest BCUT2D eigenvalue weighted by Gasteiger charge is -2.18. The summed E-state index contributed by atoms with van der Waals surface area (Å²) in [5.41, 5.74) is 2.21. The molecular formula is C12H15NO2. The van der Waals surface area contributed by atoms with E-state index in [-0.39, 0.29) is 12.2 Å². The number of anilines is 1. The third kappa shape index (κ3) is 1.96. The minimum absolute atomic E-state index is 0.0646. The molecule has 0 saturated heterocycles. The molecule has 0 aromatic heterocycles. The van der Waals surface area contributed by atoms with Crippen LogP contribution in [-0.4, -0.2) is 18.7 Å². The van der Waals surface area contributed by atoms with Crippen molar-refractivity contribution >= 4 is 11.8 Å². The van der Waals surface area contributed by atoms with Gasteiger partial charge in [0.25, 0.3) is 0 Å². The van der Waals surface area contributed by atoms with Gasteiger partial charge in [-0.3, -0.25) is 4.90 Å². The van der Waals surface area contributed by atoms with Crippen molar-refractivity contribution in [3.63, 3.8) is 0 Å². The van der Waals surface area contributed by atoms with E-state index in [4.69, 9.17) is 4.74 Å². The quantitative estimate of drug-likeness (QED) is 0.705. The number of ether oxygens (including phenoxy) is 1. The van der Waals surface area contributed by atoms with Crippen LogP contribution >= 0.6 is 0 Å². The average Bonchev–Trinajstić information content (AvgIpc) is 2.59. The first-order valence-corrected chi connectivity index (χ1v) is 5.24. The lowest BCUT2D eigenvalue weighted by molar-refractivity contribution is 0.123. The Morgan fingerprint density at radius 2 is 2.13 bits per heavy atom. The first-order chi connectivity index (χ1) is 7.18. The van der Waals surface area contributed by atoms with E-state index in [9.17, 15) is 4.79 Å². The van der Waals surface area contributed by atoms with Gasteiger partial charge in [-0.1, -0.05) is 18.2 Å². The van der Waals surface area contributed by atoms with Crippen molar-refractivity contribution in [2.24, 2.45) is 0 Å². The van der Waals surface area contributed by atoms with Gasteiger partial charge in [-0.05, 0) is 31.9 Å². The maximum absolute atomic E-state index is 11.7. The Bertz CT molecular complexity index is 374. The molecule has 0 bridgehead atoms. The fourth-order valence-electron chi connectivity index (χ4n) is 1.79. The number of carbonyl (C=O) groups is 1. The smallest absolute Gasteiger partial charge is 0.414 e. The molecule has 0 unspecified atom stereocenters. The number of para-hydroxylation sites is 1. The molecule has 3 nitrogen and oxygen atoms in total. The number of fused-ring (bicyclic) bond motifs is 1. The van der Waals surface area contributed by atoms with Crippen LogP contribution in [0.3, 0.4) is 0 Å². The van der Waals surface area contributed by atoms with Crippen LogP contribution in [0.1, 0.15) is 19.4 Å². The summed E-state index contributed by atoms with van der Waals surface area (Å²) in [6, 6.07) is 7.96. The zero-order chi connectivity index (χ0) is 10.8. The standard InChI is InChI=1S/C12H15NO2/c1-9(2)15-12(14)13-8-7-10-5-3-4-6-11(10)13/h3-6,9H,7-8H2,1-2H3. The molecule has 0 radical (unpaired) electrons. The lowest BCUT2D eigenvalue weighted by Crippen LogP contribution is -2.31. The summed E-state index contributed by atoms with van der Waals surface area (Å²) in [6.45, 7) is 4.45. The van der Waals surface area contributed by atoms with Crippen LogP contribution in [0.2, 0.25) is 0 Å². The topological polar surface area (TPSA) is 29.5 Å². The van der Waals surface area contributed by atoms with Crippen LogP contribution in [0.5, 0.6) is 0 Å². The number of nitrogens with zero attached hydrogens (tertiary/aromatic N) is 1. The number of amides is 1. The third-order valence-corrected chi connectivity index (χ3v) is 2.44. The van der Waals surface area contributed by atoms with Crippen LogP contribution in [0.15, 0.2) is 24.3 Å². The summed E-state index contributed by atoms with van der Waals surface area (Å²) in [7, 11) is 0. The summed E-state index contributed by atoms with van der Waals surface area (Å²) in [5.74, 6) is 0. The highest BCUT2D eigenvalue weighted by atomic mass is 16.6. The van der Waals surface area contributed by atoms with Crippen LogP contribution < -0.4 is 4.90 Å². The summed E-state index contributed by atoms with van der Waals surface area (Å²) >= 11 is 0. The summed E-state index contributed by atoms with van der Waals surface area (Å²) in [5, 5.41) is 0. The molecule has 0 fully saturated rings. The van der Waals surface area contributed by atoms with Gasteiger partial charge in [0.1, 0.15) is 0 Å². The van der Waals surface area contributed by atoms with Gasteiger partial charge in [-0.25, -0.2) is 4.79 Å². The molecule has 0 atom stereocenters. The molecule has 1 aliphatic heterocycles. The minimum Gasteiger partial charge on any atom is -0.446 e. The molecule has 0 saturated carbocycles. The number of benzene rings is 1. The fourth-order valence-corrected chi connectivity index (χ4v) is 1.79. The predicted octanol–water partition coefficient (Wildman–Crippen LogP) is 2.59. The highest BCUT2D eigenvalue weighted by molar-refractivity contribution is 5.90. The molecule has 0 N–H and O–H groups in total. The third-order valence-electron chi connectivity index (χ3n) is 2.44. The molecule has 80 valence electrons. The van der Waals surface area contributed by atoms with Crippen LogP contribution in [0.4, 0.5) is 10.5 Å². The Kier molecular flexibility index (Phi) is 2.62. The molecule has 1 aliphatic rings. The SMILES string of the molecule is CC(C)OC(=O)N1CCc2ccccc21. The molecule has 1 amide bonds. The van der Waals surface area contributed by atoms with Crippen LogP contribution in [0, 0.1) is 0 Å². The van der Waals surface area contributed by atoms with E-state index in [0.717, 1.165) is 18.7 Å². The maximum Gasteiger partial charge on any atom is 0.414 e. The van der Waals surface area contributed by atoms with Crippen LogP contribution in [0.25, 0.3) is 0 Å². The fraction of sp³-hybridized carbons (Fsp3) is 0.417. The molecule has 2 rings (SSSR count). The maximum atomic E-state index is 11.7. The molecule has 1 heterocycles. The number of hydrogen-bond acceptors (Lipinski definition) is 2. The second kappa shape index (κ2) is 3.93. The summed E-state index contributed by atoms with van der Waals surface area (Å²) in [4.78, 5) is 13.4. The molecule has 1 aromatic rings. The van der Waals surface area contributed by atoms with E-state index in [1.165, 1.54) is 5.56 Å². The van der Waals surface area contributed by atoms with Gasteiger partial charge in [0, 0.05) is 6.54 Å². The van der Waals surface area contributed by atoms with Crippen molar-refractivity contribution in [1.82, 2.24) is 0 Å². The second-order valence-electron chi connectivity index (χ2n) is 3.96. The summed E-state index contributed by atoms with van der Waals surface area (Å²) < 4.78 is 5.18. The van der Waals surface area contributed by atoms with Gasteiger partial charge in [0.05, 0.1) is 11.8 Å². The largest absolute Gasteiger partial charge is 0.446 e. The molecule has 0 aliphatic carbocycles. The van der Waals surface area contributed by atoms with Crippen LogP contribution in [-0.2, 0) is 11.2 Å². The van der Waals surface area contributed by atoms with Crippen molar-refractivity contribution in [2.75, 3.05) is 11.4 Å². The lowest BCUT2D eigenvalue weighted by atomic mass is 10.2. The van der Waals surface area contributed by atoms with Crippen molar-refractivity contribution in [3.8, 4) is 0 Å². The van der Waals surface area contributed by atoms with E-state index in [1.54, 1.807) is 4.90 Å². The van der Waals surface area contributed by atoms with E-state index in [2.05, 4.69) is 6.07 Å². The number of hydrogen-bond donors (Lipinski definition) is 0. The monoisotopic (exact) mass is 205 g/mol. The first kappa shape index (κ1) is 10.0. The molecule has 0 spiro atoms. The van der Waals surface area contributed by atoms with E-state index in [0.29, 0.717) is 0 Å². The highest BCUT2D eigenvalue weighted by Crippen LogP contribution is 2.27. The highest BCUT2D eigenvalue weighted by Gasteiger charge is 2.25. The minimum atomic E-state index is -0.241.